The normalized spacial score (nSPS) is 17.0. The lowest BCUT2D eigenvalue weighted by atomic mass is 9.89. The van der Waals surface area contributed by atoms with E-state index in [1.165, 1.54) is 11.3 Å². The van der Waals surface area contributed by atoms with Gasteiger partial charge in [0.2, 0.25) is 6.41 Å². The zero-order chi connectivity index (χ0) is 19.0. The number of hydrogen-bond donors (Lipinski definition) is 2. The molecule has 2 amide bonds. The number of nitrogens with zero attached hydrogens (tertiary/aromatic N) is 3. The average molecular weight is 381 g/mol. The molecule has 2 N–H and O–H groups in total. The number of pyridine rings is 1. The smallest absolute Gasteiger partial charge is 0.265 e. The fourth-order valence-electron chi connectivity index (χ4n) is 3.48. The standard InChI is InChI=1S/C19H19N5O2S/c1-11-9-24(19(26)16-8-21-12(2)27-16)6-4-13(11)15-7-17(22-10-25)23-18-14(15)3-5-20-18/h3-5,7-8,10-11H,6,9H2,1-2H3,(H2,20,22,23,25). The Morgan fingerprint density at radius 3 is 3.04 bits per heavy atom. The van der Waals surface area contributed by atoms with E-state index in [9.17, 15) is 9.59 Å². The minimum absolute atomic E-state index is 0.0209. The molecule has 1 atom stereocenters. The van der Waals surface area contributed by atoms with Crippen LogP contribution in [0, 0.1) is 12.8 Å². The van der Waals surface area contributed by atoms with Gasteiger partial charge in [-0.15, -0.1) is 11.3 Å². The van der Waals surface area contributed by atoms with Crippen LogP contribution in [-0.4, -0.2) is 45.3 Å². The summed E-state index contributed by atoms with van der Waals surface area (Å²) in [7, 11) is 0. The van der Waals surface area contributed by atoms with Crippen LogP contribution in [0.5, 0.6) is 0 Å². The minimum Gasteiger partial charge on any atom is -0.346 e. The van der Waals surface area contributed by atoms with E-state index in [2.05, 4.69) is 33.3 Å². The molecule has 0 fully saturated rings. The van der Waals surface area contributed by atoms with Crippen molar-refractivity contribution < 1.29 is 9.59 Å². The number of aromatic amines is 1. The highest BCUT2D eigenvalue weighted by Crippen LogP contribution is 2.34. The number of aryl methyl sites for hydroxylation is 1. The van der Waals surface area contributed by atoms with Gasteiger partial charge in [-0.2, -0.15) is 0 Å². The molecule has 4 heterocycles. The zero-order valence-electron chi connectivity index (χ0n) is 15.0. The molecule has 27 heavy (non-hydrogen) atoms. The molecule has 0 radical (unpaired) electrons. The summed E-state index contributed by atoms with van der Waals surface area (Å²) >= 11 is 1.42. The number of fused-ring (bicyclic) bond motifs is 1. The number of thiazole rings is 1. The monoisotopic (exact) mass is 381 g/mol. The van der Waals surface area contributed by atoms with Gasteiger partial charge in [0, 0.05) is 24.7 Å². The third-order valence-corrected chi connectivity index (χ3v) is 5.62. The molecule has 138 valence electrons. The van der Waals surface area contributed by atoms with E-state index in [0.717, 1.165) is 27.2 Å². The van der Waals surface area contributed by atoms with E-state index >= 15 is 0 Å². The lowest BCUT2D eigenvalue weighted by Gasteiger charge is -2.31. The molecule has 3 aromatic heterocycles. The molecule has 0 aromatic carbocycles. The quantitative estimate of drug-likeness (QED) is 0.680. The van der Waals surface area contributed by atoms with E-state index in [-0.39, 0.29) is 11.8 Å². The van der Waals surface area contributed by atoms with Crippen LogP contribution in [0.4, 0.5) is 5.82 Å². The van der Waals surface area contributed by atoms with Crippen molar-refractivity contribution in [1.29, 1.82) is 0 Å². The maximum atomic E-state index is 12.7. The van der Waals surface area contributed by atoms with E-state index < -0.39 is 0 Å². The molecule has 1 aliphatic heterocycles. The minimum atomic E-state index is 0.0209. The first kappa shape index (κ1) is 17.4. The van der Waals surface area contributed by atoms with Crippen molar-refractivity contribution in [3.05, 3.63) is 46.1 Å². The van der Waals surface area contributed by atoms with Crippen LogP contribution in [-0.2, 0) is 4.79 Å². The number of nitrogens with one attached hydrogen (secondary N) is 2. The van der Waals surface area contributed by atoms with Crippen LogP contribution < -0.4 is 5.32 Å². The van der Waals surface area contributed by atoms with Gasteiger partial charge < -0.3 is 15.2 Å². The number of hydrogen-bond acceptors (Lipinski definition) is 5. The molecule has 8 heteroatoms. The molecule has 0 saturated carbocycles. The van der Waals surface area contributed by atoms with Gasteiger partial charge in [-0.3, -0.25) is 9.59 Å². The van der Waals surface area contributed by atoms with Gasteiger partial charge in [0.1, 0.15) is 16.3 Å². The van der Waals surface area contributed by atoms with Crippen molar-refractivity contribution in [3.63, 3.8) is 0 Å². The van der Waals surface area contributed by atoms with Gasteiger partial charge in [0.05, 0.1) is 11.2 Å². The van der Waals surface area contributed by atoms with Gasteiger partial charge >= 0.3 is 0 Å². The molecule has 0 bridgehead atoms. The summed E-state index contributed by atoms with van der Waals surface area (Å²) in [6, 6.07) is 3.87. The van der Waals surface area contributed by atoms with Crippen LogP contribution in [0.25, 0.3) is 16.6 Å². The first-order chi connectivity index (χ1) is 13.1. The lowest BCUT2D eigenvalue weighted by molar-refractivity contribution is -0.105. The predicted octanol–water partition coefficient (Wildman–Crippen LogP) is 3.07. The van der Waals surface area contributed by atoms with E-state index in [1.54, 1.807) is 6.20 Å². The molecule has 0 aliphatic carbocycles. The number of carbonyl (C=O) groups excluding carboxylic acids is 2. The summed E-state index contributed by atoms with van der Waals surface area (Å²) in [6.07, 6.45) is 6.20. The molecule has 1 aliphatic rings. The Kier molecular flexibility index (Phi) is 4.49. The summed E-state index contributed by atoms with van der Waals surface area (Å²) in [5.41, 5.74) is 2.91. The van der Waals surface area contributed by atoms with Crippen molar-refractivity contribution in [2.45, 2.75) is 13.8 Å². The first-order valence-corrected chi connectivity index (χ1v) is 9.49. The van der Waals surface area contributed by atoms with Crippen molar-refractivity contribution in [2.24, 2.45) is 5.92 Å². The Bertz CT molecular complexity index is 1050. The summed E-state index contributed by atoms with van der Waals surface area (Å²) < 4.78 is 0. The molecule has 0 saturated heterocycles. The second kappa shape index (κ2) is 6.96. The Morgan fingerprint density at radius 1 is 1.48 bits per heavy atom. The maximum absolute atomic E-state index is 12.7. The fraction of sp³-hybridized carbons (Fsp3) is 0.263. The van der Waals surface area contributed by atoms with Gasteiger partial charge in [-0.05, 0) is 36.1 Å². The molecule has 4 rings (SSSR count). The number of amides is 2. The largest absolute Gasteiger partial charge is 0.346 e. The highest BCUT2D eigenvalue weighted by atomic mass is 32.1. The average Bonchev–Trinajstić information content (AvgIpc) is 3.29. The van der Waals surface area contributed by atoms with E-state index in [1.807, 2.05) is 30.2 Å². The summed E-state index contributed by atoms with van der Waals surface area (Å²) in [6.45, 7) is 5.18. The van der Waals surface area contributed by atoms with Gasteiger partial charge in [0.25, 0.3) is 5.91 Å². The molecule has 1 unspecified atom stereocenters. The summed E-state index contributed by atoms with van der Waals surface area (Å²) in [5.74, 6) is 0.676. The highest BCUT2D eigenvalue weighted by molar-refractivity contribution is 7.13. The number of anilines is 1. The van der Waals surface area contributed by atoms with Crippen molar-refractivity contribution >= 4 is 46.1 Å². The second-order valence-electron chi connectivity index (χ2n) is 6.57. The fourth-order valence-corrected chi connectivity index (χ4v) is 4.23. The molecule has 0 spiro atoms. The number of aromatic nitrogens is 3. The van der Waals surface area contributed by atoms with Crippen LogP contribution in [0.3, 0.4) is 0 Å². The number of carbonyl (C=O) groups is 2. The Balaban J connectivity index is 1.66. The molecule has 3 aromatic rings. The van der Waals surface area contributed by atoms with E-state index in [4.69, 9.17) is 0 Å². The number of H-pyrrole nitrogens is 1. The van der Waals surface area contributed by atoms with Crippen LogP contribution >= 0.6 is 11.3 Å². The zero-order valence-corrected chi connectivity index (χ0v) is 15.8. The highest BCUT2D eigenvalue weighted by Gasteiger charge is 2.26. The Hall–Kier alpha value is -3.00. The van der Waals surface area contributed by atoms with Crippen LogP contribution in [0.1, 0.15) is 27.2 Å². The lowest BCUT2D eigenvalue weighted by Crippen LogP contribution is -2.37. The molecular weight excluding hydrogens is 362 g/mol. The Labute approximate surface area is 160 Å². The van der Waals surface area contributed by atoms with Gasteiger partial charge in [0.15, 0.2) is 0 Å². The predicted molar refractivity (Wildman–Crippen MR) is 106 cm³/mol. The molecular formula is C19H19N5O2S. The van der Waals surface area contributed by atoms with E-state index in [0.29, 0.717) is 30.2 Å². The number of rotatable bonds is 4. The van der Waals surface area contributed by atoms with Gasteiger partial charge in [-0.1, -0.05) is 13.0 Å². The third kappa shape index (κ3) is 3.23. The summed E-state index contributed by atoms with van der Waals surface area (Å²) in [4.78, 5) is 37.7. The Morgan fingerprint density at radius 2 is 2.33 bits per heavy atom. The van der Waals surface area contributed by atoms with Crippen molar-refractivity contribution in [3.8, 4) is 0 Å². The van der Waals surface area contributed by atoms with Crippen LogP contribution in [0.15, 0.2) is 30.6 Å². The molecule has 7 nitrogen and oxygen atoms in total. The SMILES string of the molecule is Cc1ncc(C(=O)N2CC=C(c3cc(NC=O)nc4[nH]ccc34)C(C)C2)s1. The second-order valence-corrected chi connectivity index (χ2v) is 7.81. The maximum Gasteiger partial charge on any atom is 0.265 e. The van der Waals surface area contributed by atoms with Crippen molar-refractivity contribution in [1.82, 2.24) is 19.9 Å². The van der Waals surface area contributed by atoms with Crippen molar-refractivity contribution in [2.75, 3.05) is 18.4 Å². The third-order valence-electron chi connectivity index (χ3n) is 4.72. The first-order valence-electron chi connectivity index (χ1n) is 8.67. The topological polar surface area (TPSA) is 91.0 Å². The van der Waals surface area contributed by atoms with Gasteiger partial charge in [-0.25, -0.2) is 9.97 Å². The van der Waals surface area contributed by atoms with Crippen LogP contribution in [0.2, 0.25) is 0 Å². The summed E-state index contributed by atoms with van der Waals surface area (Å²) in [5, 5.41) is 4.52.